The zero-order valence-corrected chi connectivity index (χ0v) is 15.1. The number of nitrogens with zero attached hydrogens (tertiary/aromatic N) is 1. The molecule has 1 unspecified atom stereocenters. The van der Waals surface area contributed by atoms with Gasteiger partial charge in [-0.1, -0.05) is 26.0 Å². The summed E-state index contributed by atoms with van der Waals surface area (Å²) in [5.74, 6) is 0.587. The standard InChI is InChI=1S/C19H30N2O3/c1-15(2)12-18(21-8-10-24-11-9-21)13-20-19(22)17-6-4-16(5-7-17)14-23-3/h4-7,15,18H,8-14H2,1-3H3,(H,20,22). The van der Waals surface area contributed by atoms with E-state index in [4.69, 9.17) is 9.47 Å². The van der Waals surface area contributed by atoms with Crippen LogP contribution < -0.4 is 5.32 Å². The first kappa shape index (κ1) is 18.9. The van der Waals surface area contributed by atoms with Crippen molar-refractivity contribution in [1.82, 2.24) is 10.2 Å². The summed E-state index contributed by atoms with van der Waals surface area (Å²) in [5, 5.41) is 3.10. The van der Waals surface area contributed by atoms with Crippen molar-refractivity contribution in [1.29, 1.82) is 0 Å². The van der Waals surface area contributed by atoms with Gasteiger partial charge in [-0.25, -0.2) is 0 Å². The van der Waals surface area contributed by atoms with Gasteiger partial charge in [0, 0.05) is 38.3 Å². The molecule has 1 heterocycles. The summed E-state index contributed by atoms with van der Waals surface area (Å²) in [6, 6.07) is 7.95. The predicted octanol–water partition coefficient (Wildman–Crippen LogP) is 2.31. The van der Waals surface area contributed by atoms with Crippen molar-refractivity contribution >= 4 is 5.91 Å². The summed E-state index contributed by atoms with van der Waals surface area (Å²) in [6.45, 7) is 9.14. The Labute approximate surface area is 145 Å². The second kappa shape index (κ2) is 9.77. The number of ether oxygens (including phenoxy) is 2. The zero-order chi connectivity index (χ0) is 17.4. The third kappa shape index (κ3) is 5.89. The van der Waals surface area contributed by atoms with E-state index >= 15 is 0 Å². The molecular weight excluding hydrogens is 304 g/mol. The Morgan fingerprint density at radius 3 is 2.50 bits per heavy atom. The zero-order valence-electron chi connectivity index (χ0n) is 15.1. The van der Waals surface area contributed by atoms with Crippen LogP contribution in [0.1, 0.15) is 36.2 Å². The van der Waals surface area contributed by atoms with E-state index in [0.29, 0.717) is 30.7 Å². The van der Waals surface area contributed by atoms with Crippen LogP contribution >= 0.6 is 0 Å². The van der Waals surface area contributed by atoms with E-state index in [0.717, 1.165) is 38.3 Å². The van der Waals surface area contributed by atoms with E-state index < -0.39 is 0 Å². The highest BCUT2D eigenvalue weighted by Gasteiger charge is 2.22. The maximum absolute atomic E-state index is 12.4. The van der Waals surface area contributed by atoms with Crippen molar-refractivity contribution in [2.24, 2.45) is 5.92 Å². The molecule has 1 aliphatic heterocycles. The molecule has 0 aliphatic carbocycles. The quantitative estimate of drug-likeness (QED) is 0.793. The number of benzene rings is 1. The van der Waals surface area contributed by atoms with Gasteiger partial charge in [-0.15, -0.1) is 0 Å². The third-order valence-corrected chi connectivity index (χ3v) is 4.33. The summed E-state index contributed by atoms with van der Waals surface area (Å²) in [4.78, 5) is 14.8. The molecule has 0 saturated carbocycles. The summed E-state index contributed by atoms with van der Waals surface area (Å²) in [7, 11) is 1.67. The molecule has 1 fully saturated rings. The van der Waals surface area contributed by atoms with Crippen molar-refractivity contribution in [2.45, 2.75) is 32.9 Å². The minimum atomic E-state index is -0.0130. The number of rotatable bonds is 8. The summed E-state index contributed by atoms with van der Waals surface area (Å²) in [5.41, 5.74) is 1.76. The molecule has 134 valence electrons. The maximum atomic E-state index is 12.4. The Morgan fingerprint density at radius 2 is 1.92 bits per heavy atom. The number of methoxy groups -OCH3 is 1. The topological polar surface area (TPSA) is 50.8 Å². The largest absolute Gasteiger partial charge is 0.380 e. The van der Waals surface area contributed by atoms with Crippen LogP contribution in [0.4, 0.5) is 0 Å². The van der Waals surface area contributed by atoms with Gasteiger partial charge in [-0.05, 0) is 30.0 Å². The van der Waals surface area contributed by atoms with E-state index in [1.54, 1.807) is 7.11 Å². The van der Waals surface area contributed by atoms with Crippen LogP contribution in [0.15, 0.2) is 24.3 Å². The Bertz CT molecular complexity index is 496. The number of hydrogen-bond donors (Lipinski definition) is 1. The minimum Gasteiger partial charge on any atom is -0.380 e. The van der Waals surface area contributed by atoms with Crippen LogP contribution in [0.3, 0.4) is 0 Å². The average molecular weight is 334 g/mol. The normalized spacial score (nSPS) is 17.0. The van der Waals surface area contributed by atoms with Gasteiger partial charge in [0.25, 0.3) is 5.91 Å². The van der Waals surface area contributed by atoms with Crippen LogP contribution in [0.25, 0.3) is 0 Å². The highest BCUT2D eigenvalue weighted by molar-refractivity contribution is 5.94. The summed E-state index contributed by atoms with van der Waals surface area (Å²) in [6.07, 6.45) is 1.08. The lowest BCUT2D eigenvalue weighted by atomic mass is 10.0. The van der Waals surface area contributed by atoms with Crippen molar-refractivity contribution in [3.05, 3.63) is 35.4 Å². The first-order chi connectivity index (χ1) is 11.6. The molecule has 0 spiro atoms. The third-order valence-electron chi connectivity index (χ3n) is 4.33. The molecule has 1 aliphatic rings. The molecule has 0 bridgehead atoms. The van der Waals surface area contributed by atoms with E-state index in [9.17, 15) is 4.79 Å². The number of amides is 1. The van der Waals surface area contributed by atoms with Crippen LogP contribution in [0.5, 0.6) is 0 Å². The SMILES string of the molecule is COCc1ccc(C(=O)NCC(CC(C)C)N2CCOCC2)cc1. The van der Waals surface area contributed by atoms with E-state index in [1.165, 1.54) is 0 Å². The Morgan fingerprint density at radius 1 is 1.25 bits per heavy atom. The van der Waals surface area contributed by atoms with Gasteiger partial charge < -0.3 is 14.8 Å². The number of morpholine rings is 1. The molecule has 5 nitrogen and oxygen atoms in total. The van der Waals surface area contributed by atoms with E-state index in [-0.39, 0.29) is 5.91 Å². The fourth-order valence-electron chi connectivity index (χ4n) is 3.08. The molecule has 24 heavy (non-hydrogen) atoms. The molecular formula is C19H30N2O3. The van der Waals surface area contributed by atoms with E-state index in [2.05, 4.69) is 24.1 Å². The van der Waals surface area contributed by atoms with Crippen LogP contribution in [0, 0.1) is 5.92 Å². The lowest BCUT2D eigenvalue weighted by Crippen LogP contribution is -2.49. The lowest BCUT2D eigenvalue weighted by Gasteiger charge is -2.35. The van der Waals surface area contributed by atoms with Gasteiger partial charge in [0.05, 0.1) is 19.8 Å². The van der Waals surface area contributed by atoms with Gasteiger partial charge in [-0.3, -0.25) is 9.69 Å². The molecule has 1 amide bonds. The highest BCUT2D eigenvalue weighted by atomic mass is 16.5. The molecule has 1 aromatic rings. The smallest absolute Gasteiger partial charge is 0.251 e. The van der Waals surface area contributed by atoms with Gasteiger partial charge in [-0.2, -0.15) is 0 Å². The van der Waals surface area contributed by atoms with Gasteiger partial charge >= 0.3 is 0 Å². The van der Waals surface area contributed by atoms with E-state index in [1.807, 2.05) is 24.3 Å². The average Bonchev–Trinajstić information content (AvgIpc) is 2.60. The van der Waals surface area contributed by atoms with Crippen molar-refractivity contribution < 1.29 is 14.3 Å². The van der Waals surface area contributed by atoms with Gasteiger partial charge in [0.1, 0.15) is 0 Å². The number of hydrogen-bond acceptors (Lipinski definition) is 4. The lowest BCUT2D eigenvalue weighted by molar-refractivity contribution is 0.0124. The molecule has 0 radical (unpaired) electrons. The second-order valence-corrected chi connectivity index (χ2v) is 6.77. The Balaban J connectivity index is 1.90. The molecule has 5 heteroatoms. The Hall–Kier alpha value is -1.43. The van der Waals surface area contributed by atoms with Crippen molar-refractivity contribution in [3.63, 3.8) is 0 Å². The summed E-state index contributed by atoms with van der Waals surface area (Å²) < 4.78 is 10.5. The highest BCUT2D eigenvalue weighted by Crippen LogP contribution is 2.13. The first-order valence-corrected chi connectivity index (χ1v) is 8.78. The minimum absolute atomic E-state index is 0.0130. The number of carbonyl (C=O) groups is 1. The summed E-state index contributed by atoms with van der Waals surface area (Å²) >= 11 is 0. The molecule has 1 atom stereocenters. The fraction of sp³-hybridized carbons (Fsp3) is 0.632. The van der Waals surface area contributed by atoms with Crippen LogP contribution in [0.2, 0.25) is 0 Å². The molecule has 2 rings (SSSR count). The number of carbonyl (C=O) groups excluding carboxylic acids is 1. The monoisotopic (exact) mass is 334 g/mol. The van der Waals surface area contributed by atoms with Crippen LogP contribution in [-0.2, 0) is 16.1 Å². The molecule has 1 saturated heterocycles. The number of nitrogens with one attached hydrogen (secondary N) is 1. The maximum Gasteiger partial charge on any atom is 0.251 e. The second-order valence-electron chi connectivity index (χ2n) is 6.77. The first-order valence-electron chi connectivity index (χ1n) is 8.78. The van der Waals surface area contributed by atoms with Crippen molar-refractivity contribution in [3.8, 4) is 0 Å². The molecule has 1 N–H and O–H groups in total. The molecule has 0 aromatic heterocycles. The Kier molecular flexibility index (Phi) is 7.69. The molecule has 1 aromatic carbocycles. The fourth-order valence-corrected chi connectivity index (χ4v) is 3.08. The predicted molar refractivity (Wildman–Crippen MR) is 95.1 cm³/mol. The van der Waals surface area contributed by atoms with Crippen LogP contribution in [-0.4, -0.2) is 56.8 Å². The van der Waals surface area contributed by atoms with Gasteiger partial charge in [0.2, 0.25) is 0 Å². The van der Waals surface area contributed by atoms with Crippen molar-refractivity contribution in [2.75, 3.05) is 40.0 Å². The van der Waals surface area contributed by atoms with Gasteiger partial charge in [0.15, 0.2) is 0 Å².